The third-order valence-electron chi connectivity index (χ3n) is 5.16. The van der Waals surface area contributed by atoms with Gasteiger partial charge in [0.2, 0.25) is 0 Å². The predicted octanol–water partition coefficient (Wildman–Crippen LogP) is 5.78. The lowest BCUT2D eigenvalue weighted by Gasteiger charge is -2.09. The van der Waals surface area contributed by atoms with Gasteiger partial charge in [0, 0.05) is 15.9 Å². The predicted molar refractivity (Wildman–Crippen MR) is 129 cm³/mol. The van der Waals surface area contributed by atoms with Crippen molar-refractivity contribution in [1.82, 2.24) is 15.0 Å². The highest BCUT2D eigenvalue weighted by Crippen LogP contribution is 2.25. The molecule has 150 valence electrons. The van der Waals surface area contributed by atoms with E-state index in [2.05, 4.69) is 17.1 Å². The van der Waals surface area contributed by atoms with E-state index in [4.69, 9.17) is 9.97 Å². The van der Waals surface area contributed by atoms with Crippen molar-refractivity contribution in [1.29, 1.82) is 0 Å². The van der Waals surface area contributed by atoms with Gasteiger partial charge < -0.3 is 4.98 Å². The third kappa shape index (κ3) is 3.88. The molecule has 2 heterocycles. The Labute approximate surface area is 183 Å². The Morgan fingerprint density at radius 2 is 1.58 bits per heavy atom. The van der Waals surface area contributed by atoms with Gasteiger partial charge in [0.25, 0.3) is 5.56 Å². The van der Waals surface area contributed by atoms with Gasteiger partial charge in [-0.3, -0.25) is 4.79 Å². The van der Waals surface area contributed by atoms with Crippen LogP contribution in [0.25, 0.3) is 33.6 Å². The average Bonchev–Trinajstić information content (AvgIpc) is 2.82. The molecular formula is C26H19N3OS. The van der Waals surface area contributed by atoms with E-state index in [0.29, 0.717) is 22.5 Å². The topological polar surface area (TPSA) is 58.6 Å². The Kier molecular flexibility index (Phi) is 5.10. The fourth-order valence-corrected chi connectivity index (χ4v) is 3.97. The summed E-state index contributed by atoms with van der Waals surface area (Å²) in [6.07, 6.45) is 4.03. The third-order valence-corrected chi connectivity index (χ3v) is 5.90. The summed E-state index contributed by atoms with van der Waals surface area (Å²) in [5, 5.41) is 1.05. The number of fused-ring (bicyclic) bond motifs is 2. The first kappa shape index (κ1) is 19.3. The zero-order valence-corrected chi connectivity index (χ0v) is 17.7. The molecule has 0 saturated carbocycles. The van der Waals surface area contributed by atoms with Crippen molar-refractivity contribution >= 4 is 45.3 Å². The second-order valence-electron chi connectivity index (χ2n) is 7.15. The van der Waals surface area contributed by atoms with Crippen LogP contribution in [0.4, 0.5) is 0 Å². The molecule has 2 aromatic heterocycles. The van der Waals surface area contributed by atoms with E-state index in [-0.39, 0.29) is 5.56 Å². The Bertz CT molecular complexity index is 1490. The molecule has 0 radical (unpaired) electrons. The van der Waals surface area contributed by atoms with Crippen molar-refractivity contribution in [3.63, 3.8) is 0 Å². The molecule has 0 saturated heterocycles. The lowest BCUT2D eigenvalue weighted by Crippen LogP contribution is -2.15. The van der Waals surface area contributed by atoms with Gasteiger partial charge in [-0.1, -0.05) is 48.5 Å². The van der Waals surface area contributed by atoms with Crippen molar-refractivity contribution in [2.24, 2.45) is 0 Å². The first-order chi connectivity index (χ1) is 15.2. The van der Waals surface area contributed by atoms with Crippen LogP contribution in [0.5, 0.6) is 0 Å². The van der Waals surface area contributed by atoms with Crippen molar-refractivity contribution in [2.45, 2.75) is 4.90 Å². The van der Waals surface area contributed by atoms with Gasteiger partial charge in [-0.2, -0.15) is 0 Å². The van der Waals surface area contributed by atoms with Crippen LogP contribution in [0.2, 0.25) is 0 Å². The number of pyridine rings is 1. The number of rotatable bonds is 4. The van der Waals surface area contributed by atoms with Crippen LogP contribution >= 0.6 is 11.8 Å². The van der Waals surface area contributed by atoms with Crippen LogP contribution in [0.15, 0.2) is 94.6 Å². The van der Waals surface area contributed by atoms with Crippen molar-refractivity contribution in [3.8, 4) is 0 Å². The highest BCUT2D eigenvalue weighted by atomic mass is 32.2. The summed E-state index contributed by atoms with van der Waals surface area (Å²) < 4.78 is 0. The van der Waals surface area contributed by atoms with Crippen molar-refractivity contribution in [2.75, 3.05) is 6.26 Å². The maximum atomic E-state index is 13.0. The summed E-state index contributed by atoms with van der Waals surface area (Å²) in [6, 6.07) is 27.7. The SMILES string of the molecule is CSc1ccc(/C=C(\c2ccc3ccccc3n2)c2nc3ccccc3[nH]c2=O)cc1. The molecule has 0 spiro atoms. The second kappa shape index (κ2) is 8.20. The maximum Gasteiger partial charge on any atom is 0.275 e. The lowest BCUT2D eigenvalue weighted by molar-refractivity contribution is 1.17. The van der Waals surface area contributed by atoms with E-state index >= 15 is 0 Å². The normalized spacial score (nSPS) is 11.8. The number of hydrogen-bond acceptors (Lipinski definition) is 4. The first-order valence-electron chi connectivity index (χ1n) is 9.93. The quantitative estimate of drug-likeness (QED) is 0.374. The summed E-state index contributed by atoms with van der Waals surface area (Å²) in [6.45, 7) is 0. The number of thioether (sulfide) groups is 1. The van der Waals surface area contributed by atoms with Gasteiger partial charge in [0.15, 0.2) is 0 Å². The van der Waals surface area contributed by atoms with Crippen LogP contribution in [-0.4, -0.2) is 21.2 Å². The molecule has 0 aliphatic rings. The number of nitrogens with one attached hydrogen (secondary N) is 1. The fourth-order valence-electron chi connectivity index (χ4n) is 3.56. The van der Waals surface area contributed by atoms with Crippen molar-refractivity contribution in [3.05, 3.63) is 112 Å². The Morgan fingerprint density at radius 3 is 2.39 bits per heavy atom. The smallest absolute Gasteiger partial charge is 0.275 e. The van der Waals surface area contributed by atoms with E-state index in [0.717, 1.165) is 22.0 Å². The van der Waals surface area contributed by atoms with Crippen LogP contribution < -0.4 is 5.56 Å². The molecule has 0 fully saturated rings. The Hall–Kier alpha value is -3.70. The van der Waals surface area contributed by atoms with Gasteiger partial charge >= 0.3 is 0 Å². The van der Waals surface area contributed by atoms with Gasteiger partial charge in [-0.15, -0.1) is 11.8 Å². The van der Waals surface area contributed by atoms with E-state index in [1.54, 1.807) is 11.8 Å². The molecule has 0 unspecified atom stereocenters. The van der Waals surface area contributed by atoms with Crippen LogP contribution in [0.1, 0.15) is 17.0 Å². The van der Waals surface area contributed by atoms with Crippen molar-refractivity contribution < 1.29 is 0 Å². The number of nitrogens with zero attached hydrogens (tertiary/aromatic N) is 2. The summed E-state index contributed by atoms with van der Waals surface area (Å²) in [7, 11) is 0. The highest BCUT2D eigenvalue weighted by molar-refractivity contribution is 7.98. The molecule has 0 atom stereocenters. The first-order valence-corrected chi connectivity index (χ1v) is 11.1. The number of hydrogen-bond donors (Lipinski definition) is 1. The van der Waals surface area contributed by atoms with Gasteiger partial charge in [-0.05, 0) is 54.3 Å². The standard InChI is InChI=1S/C26H19N3OS/c1-31-19-13-10-17(11-14-19)16-20(22-15-12-18-6-2-3-7-21(18)27-22)25-26(30)29-24-9-5-4-8-23(24)28-25/h2-16H,1H3,(H,29,30)/b20-16+. The summed E-state index contributed by atoms with van der Waals surface area (Å²) >= 11 is 1.69. The molecule has 5 heteroatoms. The van der Waals surface area contributed by atoms with Gasteiger partial charge in [0.1, 0.15) is 5.69 Å². The molecule has 3 aromatic carbocycles. The van der Waals surface area contributed by atoms with Crippen LogP contribution in [0, 0.1) is 0 Å². The second-order valence-corrected chi connectivity index (χ2v) is 8.03. The maximum absolute atomic E-state index is 13.0. The van der Waals surface area contributed by atoms with Gasteiger partial charge in [-0.25, -0.2) is 9.97 Å². The van der Waals surface area contributed by atoms with E-state index in [1.807, 2.05) is 85.1 Å². The van der Waals surface area contributed by atoms with Gasteiger partial charge in [0.05, 0.1) is 22.2 Å². The molecule has 0 amide bonds. The molecule has 0 bridgehead atoms. The molecular weight excluding hydrogens is 402 g/mol. The lowest BCUT2D eigenvalue weighted by atomic mass is 10.0. The molecule has 1 N–H and O–H groups in total. The molecule has 0 aliphatic carbocycles. The number of aromatic nitrogens is 3. The van der Waals surface area contributed by atoms with Crippen LogP contribution in [-0.2, 0) is 0 Å². The average molecular weight is 422 g/mol. The number of aromatic amines is 1. The molecule has 5 aromatic rings. The number of benzene rings is 3. The zero-order valence-electron chi connectivity index (χ0n) is 16.9. The molecule has 31 heavy (non-hydrogen) atoms. The molecule has 0 aliphatic heterocycles. The summed E-state index contributed by atoms with van der Waals surface area (Å²) in [5.74, 6) is 0. The fraction of sp³-hybridized carbons (Fsp3) is 0.0385. The van der Waals surface area contributed by atoms with Crippen LogP contribution in [0.3, 0.4) is 0 Å². The minimum Gasteiger partial charge on any atom is -0.319 e. The number of para-hydroxylation sites is 3. The number of H-pyrrole nitrogens is 1. The zero-order chi connectivity index (χ0) is 21.2. The Morgan fingerprint density at radius 1 is 0.839 bits per heavy atom. The minimum absolute atomic E-state index is 0.236. The van der Waals surface area contributed by atoms with E-state index < -0.39 is 0 Å². The highest BCUT2D eigenvalue weighted by Gasteiger charge is 2.15. The van der Waals surface area contributed by atoms with E-state index in [1.165, 1.54) is 4.90 Å². The summed E-state index contributed by atoms with van der Waals surface area (Å²) in [4.78, 5) is 26.7. The van der Waals surface area contributed by atoms with E-state index in [9.17, 15) is 4.79 Å². The largest absolute Gasteiger partial charge is 0.319 e. The summed E-state index contributed by atoms with van der Waals surface area (Å²) in [5.41, 5.74) is 4.83. The minimum atomic E-state index is -0.236. The molecule has 5 rings (SSSR count). The Balaban J connectivity index is 1.74. The monoisotopic (exact) mass is 421 g/mol. The molecule has 4 nitrogen and oxygen atoms in total.